The van der Waals surface area contributed by atoms with Gasteiger partial charge < -0.3 is 15.0 Å². The highest BCUT2D eigenvalue weighted by atomic mass is 19.4. The van der Waals surface area contributed by atoms with E-state index in [1.165, 1.54) is 13.0 Å². The Labute approximate surface area is 172 Å². The minimum absolute atomic E-state index is 0.215. The van der Waals surface area contributed by atoms with Gasteiger partial charge in [-0.2, -0.15) is 18.3 Å². The molecule has 0 spiro atoms. The van der Waals surface area contributed by atoms with Gasteiger partial charge in [-0.1, -0.05) is 18.2 Å². The molecule has 0 bridgehead atoms. The summed E-state index contributed by atoms with van der Waals surface area (Å²) >= 11 is 0. The van der Waals surface area contributed by atoms with Crippen LogP contribution in [0.5, 0.6) is 0 Å². The molecule has 1 aromatic heterocycles. The molecule has 1 aliphatic rings. The Morgan fingerprint density at radius 2 is 1.90 bits per heavy atom. The monoisotopic (exact) mass is 416 g/mol. The van der Waals surface area contributed by atoms with E-state index in [1.54, 1.807) is 12.3 Å². The standard InChI is InChI=1S/C22H23F3N4O/c1-14-18(4-3-5-20(14)22(23,24)25)15(2)27-21-19-12-17(29-8-10-30-11-9-29)7-6-16(19)13-26-28-21/h3-7,12-13,15H,8-11H2,1-2H3,(H,27,28)/t15-/m1/s1. The number of hydrogen-bond donors (Lipinski definition) is 1. The molecule has 30 heavy (non-hydrogen) atoms. The van der Waals surface area contributed by atoms with Crippen molar-refractivity contribution in [2.75, 3.05) is 36.5 Å². The van der Waals surface area contributed by atoms with E-state index in [9.17, 15) is 13.2 Å². The second-order valence-electron chi connectivity index (χ2n) is 7.45. The molecule has 0 aliphatic carbocycles. The lowest BCUT2D eigenvalue weighted by Crippen LogP contribution is -2.36. The van der Waals surface area contributed by atoms with Gasteiger partial charge in [0.05, 0.1) is 31.0 Å². The Hall–Kier alpha value is -2.87. The molecule has 5 nitrogen and oxygen atoms in total. The van der Waals surface area contributed by atoms with E-state index in [4.69, 9.17) is 4.74 Å². The van der Waals surface area contributed by atoms with E-state index >= 15 is 0 Å². The molecule has 1 saturated heterocycles. The van der Waals surface area contributed by atoms with Crippen LogP contribution in [0.25, 0.3) is 10.8 Å². The van der Waals surface area contributed by atoms with Crippen molar-refractivity contribution in [1.82, 2.24) is 10.2 Å². The SMILES string of the molecule is Cc1c([C@@H](C)Nc2nncc3ccc(N4CCOCC4)cc23)cccc1C(F)(F)F. The fourth-order valence-corrected chi connectivity index (χ4v) is 3.90. The highest BCUT2D eigenvalue weighted by Crippen LogP contribution is 2.35. The fourth-order valence-electron chi connectivity index (χ4n) is 3.90. The van der Waals surface area contributed by atoms with Crippen LogP contribution < -0.4 is 10.2 Å². The van der Waals surface area contributed by atoms with Gasteiger partial charge in [0.1, 0.15) is 0 Å². The summed E-state index contributed by atoms with van der Waals surface area (Å²) < 4.78 is 45.3. The van der Waals surface area contributed by atoms with Gasteiger partial charge in [-0.05, 0) is 43.2 Å². The molecule has 4 rings (SSSR count). The molecule has 0 unspecified atom stereocenters. The van der Waals surface area contributed by atoms with E-state index < -0.39 is 11.7 Å². The quantitative estimate of drug-likeness (QED) is 0.651. The summed E-state index contributed by atoms with van der Waals surface area (Å²) in [6.07, 6.45) is -2.70. The number of benzene rings is 2. The number of halogens is 3. The number of nitrogens with zero attached hydrogens (tertiary/aromatic N) is 3. The zero-order chi connectivity index (χ0) is 21.3. The molecule has 0 radical (unpaired) electrons. The normalized spacial score (nSPS) is 16.0. The predicted molar refractivity (Wildman–Crippen MR) is 111 cm³/mol. The lowest BCUT2D eigenvalue weighted by Gasteiger charge is -2.29. The van der Waals surface area contributed by atoms with E-state index in [2.05, 4.69) is 20.4 Å². The Morgan fingerprint density at radius 3 is 2.63 bits per heavy atom. The molecule has 1 aliphatic heterocycles. The van der Waals surface area contributed by atoms with Crippen LogP contribution in [0.15, 0.2) is 42.6 Å². The number of rotatable bonds is 4. The van der Waals surface area contributed by atoms with Gasteiger partial charge in [0, 0.05) is 29.5 Å². The number of morpholine rings is 1. The molecule has 3 aromatic rings. The summed E-state index contributed by atoms with van der Waals surface area (Å²) in [5, 5.41) is 13.3. The van der Waals surface area contributed by atoms with Crippen LogP contribution in [0, 0.1) is 6.92 Å². The zero-order valence-electron chi connectivity index (χ0n) is 16.8. The predicted octanol–water partition coefficient (Wildman–Crippen LogP) is 4.97. The first kappa shape index (κ1) is 20.4. The molecule has 1 N–H and O–H groups in total. The minimum Gasteiger partial charge on any atom is -0.378 e. The first-order valence-corrected chi connectivity index (χ1v) is 9.86. The van der Waals surface area contributed by atoms with Gasteiger partial charge in [0.15, 0.2) is 5.82 Å². The summed E-state index contributed by atoms with van der Waals surface area (Å²) in [5.41, 5.74) is 1.23. The Bertz CT molecular complexity index is 1050. The van der Waals surface area contributed by atoms with Crippen LogP contribution in [0.1, 0.15) is 29.7 Å². The van der Waals surface area contributed by atoms with Crippen molar-refractivity contribution in [2.45, 2.75) is 26.1 Å². The summed E-state index contributed by atoms with van der Waals surface area (Å²) in [7, 11) is 0. The molecule has 8 heteroatoms. The topological polar surface area (TPSA) is 50.3 Å². The van der Waals surface area contributed by atoms with Gasteiger partial charge in [-0.15, -0.1) is 5.10 Å². The molecule has 2 heterocycles. The lowest BCUT2D eigenvalue weighted by atomic mass is 9.97. The van der Waals surface area contributed by atoms with E-state index in [-0.39, 0.29) is 11.6 Å². The smallest absolute Gasteiger partial charge is 0.378 e. The first-order valence-electron chi connectivity index (χ1n) is 9.86. The van der Waals surface area contributed by atoms with Gasteiger partial charge in [-0.3, -0.25) is 0 Å². The summed E-state index contributed by atoms with van der Waals surface area (Å²) in [4.78, 5) is 2.24. The number of hydrogen-bond acceptors (Lipinski definition) is 5. The van der Waals surface area contributed by atoms with Crippen molar-refractivity contribution in [1.29, 1.82) is 0 Å². The number of alkyl halides is 3. The van der Waals surface area contributed by atoms with Crippen molar-refractivity contribution in [3.05, 3.63) is 59.3 Å². The van der Waals surface area contributed by atoms with Crippen LogP contribution in [0.3, 0.4) is 0 Å². The highest BCUT2D eigenvalue weighted by molar-refractivity contribution is 5.93. The average Bonchev–Trinajstić information content (AvgIpc) is 2.73. The van der Waals surface area contributed by atoms with E-state index in [0.29, 0.717) is 24.6 Å². The third-order valence-corrected chi connectivity index (χ3v) is 5.52. The second-order valence-corrected chi connectivity index (χ2v) is 7.45. The van der Waals surface area contributed by atoms with Crippen molar-refractivity contribution in [3.8, 4) is 0 Å². The first-order chi connectivity index (χ1) is 14.3. The maximum atomic E-state index is 13.3. The van der Waals surface area contributed by atoms with Crippen LogP contribution in [-0.2, 0) is 10.9 Å². The van der Waals surface area contributed by atoms with Crippen molar-refractivity contribution >= 4 is 22.3 Å². The summed E-state index contributed by atoms with van der Waals surface area (Å²) in [5.74, 6) is 0.548. The van der Waals surface area contributed by atoms with Gasteiger partial charge in [-0.25, -0.2) is 0 Å². The Balaban J connectivity index is 1.67. The number of anilines is 2. The second kappa shape index (κ2) is 8.10. The fraction of sp³-hybridized carbons (Fsp3) is 0.364. The molecule has 0 saturated carbocycles. The third-order valence-electron chi connectivity index (χ3n) is 5.52. The van der Waals surface area contributed by atoms with Gasteiger partial charge in [0.2, 0.25) is 0 Å². The minimum atomic E-state index is -4.38. The largest absolute Gasteiger partial charge is 0.416 e. The Morgan fingerprint density at radius 1 is 1.13 bits per heavy atom. The number of aromatic nitrogens is 2. The molecule has 158 valence electrons. The maximum absolute atomic E-state index is 13.3. The summed E-state index contributed by atoms with van der Waals surface area (Å²) in [6.45, 7) is 6.32. The van der Waals surface area contributed by atoms with E-state index in [1.807, 2.05) is 25.1 Å². The van der Waals surface area contributed by atoms with Crippen LogP contribution in [-0.4, -0.2) is 36.5 Å². The maximum Gasteiger partial charge on any atom is 0.416 e. The molecule has 0 amide bonds. The van der Waals surface area contributed by atoms with Crippen LogP contribution >= 0.6 is 0 Å². The Kier molecular flexibility index (Phi) is 5.51. The number of fused-ring (bicyclic) bond motifs is 1. The third kappa shape index (κ3) is 4.05. The highest BCUT2D eigenvalue weighted by Gasteiger charge is 2.33. The van der Waals surface area contributed by atoms with Crippen LogP contribution in [0.2, 0.25) is 0 Å². The molecule has 1 fully saturated rings. The van der Waals surface area contributed by atoms with Crippen molar-refractivity contribution < 1.29 is 17.9 Å². The summed E-state index contributed by atoms with van der Waals surface area (Å²) in [6, 6.07) is 9.95. The molecular weight excluding hydrogens is 393 g/mol. The molecular formula is C22H23F3N4O. The lowest BCUT2D eigenvalue weighted by molar-refractivity contribution is -0.138. The zero-order valence-corrected chi connectivity index (χ0v) is 16.8. The molecule has 1 atom stereocenters. The van der Waals surface area contributed by atoms with Gasteiger partial charge >= 0.3 is 6.18 Å². The van der Waals surface area contributed by atoms with E-state index in [0.717, 1.165) is 35.6 Å². The number of ether oxygens (including phenoxy) is 1. The van der Waals surface area contributed by atoms with Crippen LogP contribution in [0.4, 0.5) is 24.7 Å². The average molecular weight is 416 g/mol. The molecule has 2 aromatic carbocycles. The van der Waals surface area contributed by atoms with Gasteiger partial charge in [0.25, 0.3) is 0 Å². The van der Waals surface area contributed by atoms with Crippen molar-refractivity contribution in [2.24, 2.45) is 0 Å². The number of nitrogens with one attached hydrogen (secondary N) is 1. The van der Waals surface area contributed by atoms with Crippen molar-refractivity contribution in [3.63, 3.8) is 0 Å².